The SMILES string of the molecule is Cc1cccc(/C(N)=N\OC(=O)c2cccc(OCc3ccccc3)c2)c1. The fourth-order valence-corrected chi connectivity index (χ4v) is 2.45. The van der Waals surface area contributed by atoms with Crippen LogP contribution in [0.25, 0.3) is 0 Å². The maximum Gasteiger partial charge on any atom is 0.365 e. The molecule has 0 heterocycles. The third kappa shape index (κ3) is 5.19. The van der Waals surface area contributed by atoms with Crippen molar-refractivity contribution >= 4 is 11.8 Å². The largest absolute Gasteiger partial charge is 0.489 e. The second kappa shape index (κ2) is 8.67. The second-order valence-corrected chi connectivity index (χ2v) is 6.03. The zero-order valence-electron chi connectivity index (χ0n) is 15.0. The van der Waals surface area contributed by atoms with E-state index in [0.29, 0.717) is 23.5 Å². The molecule has 27 heavy (non-hydrogen) atoms. The molecule has 0 atom stereocenters. The average Bonchev–Trinajstić information content (AvgIpc) is 2.71. The van der Waals surface area contributed by atoms with Crippen LogP contribution in [-0.2, 0) is 11.4 Å². The van der Waals surface area contributed by atoms with E-state index in [1.165, 1.54) is 0 Å². The van der Waals surface area contributed by atoms with Gasteiger partial charge in [0.25, 0.3) is 0 Å². The Morgan fingerprint density at radius 1 is 0.926 bits per heavy atom. The van der Waals surface area contributed by atoms with Gasteiger partial charge in [-0.1, -0.05) is 65.3 Å². The number of hydrogen-bond donors (Lipinski definition) is 1. The van der Waals surface area contributed by atoms with Crippen molar-refractivity contribution in [2.75, 3.05) is 0 Å². The summed E-state index contributed by atoms with van der Waals surface area (Å²) in [6, 6.07) is 24.0. The second-order valence-electron chi connectivity index (χ2n) is 6.03. The van der Waals surface area contributed by atoms with Crippen LogP contribution in [0, 0.1) is 6.92 Å². The normalized spacial score (nSPS) is 11.1. The van der Waals surface area contributed by atoms with E-state index >= 15 is 0 Å². The quantitative estimate of drug-likeness (QED) is 0.311. The number of nitrogens with zero attached hydrogens (tertiary/aromatic N) is 1. The Kier molecular flexibility index (Phi) is 5.84. The van der Waals surface area contributed by atoms with E-state index in [4.69, 9.17) is 15.3 Å². The monoisotopic (exact) mass is 360 g/mol. The lowest BCUT2D eigenvalue weighted by Crippen LogP contribution is -2.15. The highest BCUT2D eigenvalue weighted by Gasteiger charge is 2.10. The van der Waals surface area contributed by atoms with Crippen molar-refractivity contribution in [3.05, 3.63) is 101 Å². The van der Waals surface area contributed by atoms with Crippen LogP contribution in [0.3, 0.4) is 0 Å². The number of benzene rings is 3. The lowest BCUT2D eigenvalue weighted by Gasteiger charge is -2.07. The Hall–Kier alpha value is -3.60. The first-order valence-corrected chi connectivity index (χ1v) is 8.50. The Balaban J connectivity index is 1.64. The zero-order valence-corrected chi connectivity index (χ0v) is 15.0. The van der Waals surface area contributed by atoms with Crippen LogP contribution >= 0.6 is 0 Å². The highest BCUT2D eigenvalue weighted by Crippen LogP contribution is 2.16. The molecule has 2 N–H and O–H groups in total. The van der Waals surface area contributed by atoms with Crippen molar-refractivity contribution in [2.45, 2.75) is 13.5 Å². The molecule has 0 aliphatic carbocycles. The fraction of sp³-hybridized carbons (Fsp3) is 0.0909. The first-order valence-electron chi connectivity index (χ1n) is 8.50. The van der Waals surface area contributed by atoms with Crippen LogP contribution < -0.4 is 10.5 Å². The number of carbonyl (C=O) groups is 1. The van der Waals surface area contributed by atoms with Gasteiger partial charge in [-0.15, -0.1) is 0 Å². The van der Waals surface area contributed by atoms with Gasteiger partial charge in [0, 0.05) is 5.56 Å². The molecule has 3 rings (SSSR count). The molecule has 0 spiro atoms. The molecule has 136 valence electrons. The third-order valence-corrected chi connectivity index (χ3v) is 3.86. The van der Waals surface area contributed by atoms with Crippen molar-refractivity contribution in [3.8, 4) is 5.75 Å². The lowest BCUT2D eigenvalue weighted by atomic mass is 10.1. The molecule has 0 aliphatic rings. The van der Waals surface area contributed by atoms with Gasteiger partial charge in [0.1, 0.15) is 12.4 Å². The number of hydrogen-bond acceptors (Lipinski definition) is 4. The summed E-state index contributed by atoms with van der Waals surface area (Å²) in [6.45, 7) is 2.36. The molecule has 0 saturated heterocycles. The van der Waals surface area contributed by atoms with Crippen molar-refractivity contribution < 1.29 is 14.4 Å². The van der Waals surface area contributed by atoms with E-state index < -0.39 is 5.97 Å². The lowest BCUT2D eigenvalue weighted by molar-refractivity contribution is 0.0515. The molecule has 5 heteroatoms. The van der Waals surface area contributed by atoms with E-state index in [0.717, 1.165) is 11.1 Å². The molecule has 0 amide bonds. The van der Waals surface area contributed by atoms with E-state index in [1.54, 1.807) is 30.3 Å². The van der Waals surface area contributed by atoms with Gasteiger partial charge in [-0.05, 0) is 36.8 Å². The van der Waals surface area contributed by atoms with Gasteiger partial charge in [0.15, 0.2) is 5.84 Å². The third-order valence-electron chi connectivity index (χ3n) is 3.86. The fourth-order valence-electron chi connectivity index (χ4n) is 2.45. The van der Waals surface area contributed by atoms with E-state index in [-0.39, 0.29) is 5.84 Å². The smallest absolute Gasteiger partial charge is 0.365 e. The van der Waals surface area contributed by atoms with Gasteiger partial charge in [-0.25, -0.2) is 4.79 Å². The van der Waals surface area contributed by atoms with E-state index in [1.807, 2.05) is 55.5 Å². The van der Waals surface area contributed by atoms with Gasteiger partial charge in [0.05, 0.1) is 5.56 Å². The van der Waals surface area contributed by atoms with E-state index in [2.05, 4.69) is 5.16 Å². The van der Waals surface area contributed by atoms with Crippen LogP contribution in [0.15, 0.2) is 84.0 Å². The number of ether oxygens (including phenoxy) is 1. The molecule has 3 aromatic carbocycles. The predicted molar refractivity (Wildman–Crippen MR) is 105 cm³/mol. The maximum atomic E-state index is 12.2. The molecular weight excluding hydrogens is 340 g/mol. The molecule has 5 nitrogen and oxygen atoms in total. The minimum atomic E-state index is -0.601. The summed E-state index contributed by atoms with van der Waals surface area (Å²) in [5, 5.41) is 3.74. The van der Waals surface area contributed by atoms with Crippen LogP contribution in [-0.4, -0.2) is 11.8 Å². The van der Waals surface area contributed by atoms with Crippen LogP contribution in [0.1, 0.15) is 27.0 Å². The van der Waals surface area contributed by atoms with E-state index in [9.17, 15) is 4.79 Å². The predicted octanol–water partition coefficient (Wildman–Crippen LogP) is 4.05. The van der Waals surface area contributed by atoms with Crippen LogP contribution in [0.5, 0.6) is 5.75 Å². The van der Waals surface area contributed by atoms with Crippen molar-refractivity contribution in [2.24, 2.45) is 10.9 Å². The Labute approximate surface area is 158 Å². The topological polar surface area (TPSA) is 73.9 Å². The Bertz CT molecular complexity index is 953. The molecule has 0 radical (unpaired) electrons. The molecule has 0 bridgehead atoms. The Morgan fingerprint density at radius 3 is 2.44 bits per heavy atom. The first-order chi connectivity index (χ1) is 13.1. The number of amidine groups is 1. The minimum Gasteiger partial charge on any atom is -0.489 e. The average molecular weight is 360 g/mol. The molecule has 0 unspecified atom stereocenters. The Morgan fingerprint density at radius 2 is 1.67 bits per heavy atom. The summed E-state index contributed by atoms with van der Waals surface area (Å²) in [5.74, 6) is 0.114. The van der Waals surface area contributed by atoms with Crippen molar-refractivity contribution in [3.63, 3.8) is 0 Å². The molecule has 0 aromatic heterocycles. The molecular formula is C22H20N2O3. The van der Waals surface area contributed by atoms with Gasteiger partial charge in [0.2, 0.25) is 0 Å². The standard InChI is InChI=1S/C22H20N2O3/c1-16-7-5-10-18(13-16)21(23)24-27-22(25)19-11-6-12-20(14-19)26-15-17-8-3-2-4-9-17/h2-14H,15H2,1H3,(H2,23,24). The highest BCUT2D eigenvalue weighted by atomic mass is 16.7. The van der Waals surface area contributed by atoms with Crippen LogP contribution in [0.4, 0.5) is 0 Å². The van der Waals surface area contributed by atoms with Gasteiger partial charge < -0.3 is 15.3 Å². The number of oxime groups is 1. The number of rotatable bonds is 6. The van der Waals surface area contributed by atoms with Gasteiger partial charge in [-0.2, -0.15) is 0 Å². The summed E-state index contributed by atoms with van der Waals surface area (Å²) in [7, 11) is 0. The number of carbonyl (C=O) groups excluding carboxylic acids is 1. The number of aryl methyl sites for hydroxylation is 1. The zero-order chi connectivity index (χ0) is 19.1. The summed E-state index contributed by atoms with van der Waals surface area (Å²) >= 11 is 0. The molecule has 0 aliphatic heterocycles. The molecule has 0 fully saturated rings. The summed E-state index contributed by atoms with van der Waals surface area (Å²) in [4.78, 5) is 17.2. The first kappa shape index (κ1) is 18.2. The van der Waals surface area contributed by atoms with Crippen molar-refractivity contribution in [1.82, 2.24) is 0 Å². The molecule has 0 saturated carbocycles. The van der Waals surface area contributed by atoms with Gasteiger partial charge in [-0.3, -0.25) is 0 Å². The van der Waals surface area contributed by atoms with Gasteiger partial charge >= 0.3 is 5.97 Å². The summed E-state index contributed by atoms with van der Waals surface area (Å²) in [5.41, 5.74) is 9.00. The van der Waals surface area contributed by atoms with Crippen LogP contribution in [0.2, 0.25) is 0 Å². The summed E-state index contributed by atoms with van der Waals surface area (Å²) in [6.07, 6.45) is 0. The maximum absolute atomic E-state index is 12.2. The minimum absolute atomic E-state index is 0.142. The van der Waals surface area contributed by atoms with Crippen molar-refractivity contribution in [1.29, 1.82) is 0 Å². The number of nitrogens with two attached hydrogens (primary N) is 1. The molecule has 3 aromatic rings. The highest BCUT2D eigenvalue weighted by molar-refractivity contribution is 5.98. The summed E-state index contributed by atoms with van der Waals surface area (Å²) < 4.78 is 5.72.